The average Bonchev–Trinajstić information content (AvgIpc) is 2.72. The average molecular weight is 286 g/mol. The van der Waals surface area contributed by atoms with Crippen molar-refractivity contribution >= 4 is 23.2 Å². The van der Waals surface area contributed by atoms with Crippen LogP contribution in [0.5, 0.6) is 0 Å². The standard InChI is InChI=1S/C11H13Cl2N5/c1-18-6-7(4-16-18)2-10(17-14)11-9(13)3-8(12)5-15-11/h3-6,10,17H,2,14H2,1H3. The summed E-state index contributed by atoms with van der Waals surface area (Å²) in [6, 6.07) is 1.47. The summed E-state index contributed by atoms with van der Waals surface area (Å²) < 4.78 is 1.74. The van der Waals surface area contributed by atoms with Gasteiger partial charge < -0.3 is 0 Å². The van der Waals surface area contributed by atoms with Crippen LogP contribution in [0.3, 0.4) is 0 Å². The minimum Gasteiger partial charge on any atom is -0.276 e. The lowest BCUT2D eigenvalue weighted by atomic mass is 10.1. The van der Waals surface area contributed by atoms with E-state index in [2.05, 4.69) is 15.5 Å². The van der Waals surface area contributed by atoms with Crippen molar-refractivity contribution < 1.29 is 0 Å². The van der Waals surface area contributed by atoms with Gasteiger partial charge in [-0.25, -0.2) is 0 Å². The molecule has 0 aliphatic rings. The quantitative estimate of drug-likeness (QED) is 0.665. The van der Waals surface area contributed by atoms with E-state index in [1.54, 1.807) is 23.1 Å². The Bertz CT molecular complexity index is 540. The van der Waals surface area contributed by atoms with E-state index in [0.29, 0.717) is 22.2 Å². The highest BCUT2D eigenvalue weighted by molar-refractivity contribution is 6.34. The molecule has 3 N–H and O–H groups in total. The Hall–Kier alpha value is -1.14. The molecule has 7 heteroatoms. The molecule has 18 heavy (non-hydrogen) atoms. The topological polar surface area (TPSA) is 68.8 Å². The molecule has 0 bridgehead atoms. The van der Waals surface area contributed by atoms with Gasteiger partial charge in [-0.3, -0.25) is 20.9 Å². The highest BCUT2D eigenvalue weighted by Gasteiger charge is 2.16. The Morgan fingerprint density at radius 1 is 1.44 bits per heavy atom. The van der Waals surface area contributed by atoms with Gasteiger partial charge in [0.1, 0.15) is 0 Å². The Morgan fingerprint density at radius 2 is 2.22 bits per heavy atom. The number of hydrogen-bond donors (Lipinski definition) is 2. The van der Waals surface area contributed by atoms with Gasteiger partial charge >= 0.3 is 0 Å². The molecule has 96 valence electrons. The predicted molar refractivity (Wildman–Crippen MR) is 71.2 cm³/mol. The van der Waals surface area contributed by atoms with Gasteiger partial charge in [0.25, 0.3) is 0 Å². The minimum atomic E-state index is -0.182. The second-order valence-corrected chi connectivity index (χ2v) is 4.81. The van der Waals surface area contributed by atoms with Gasteiger partial charge in [0.05, 0.1) is 28.0 Å². The molecule has 1 unspecified atom stereocenters. The van der Waals surface area contributed by atoms with Crippen LogP contribution in [0.15, 0.2) is 24.7 Å². The number of hydrogen-bond acceptors (Lipinski definition) is 4. The molecule has 1 atom stereocenters. The zero-order valence-corrected chi connectivity index (χ0v) is 11.3. The Balaban J connectivity index is 2.22. The predicted octanol–water partition coefficient (Wildman–Crippen LogP) is 1.87. The van der Waals surface area contributed by atoms with Gasteiger partial charge in [-0.05, 0) is 18.1 Å². The molecule has 0 fully saturated rings. The Labute approximate surface area is 115 Å². The van der Waals surface area contributed by atoms with Gasteiger partial charge in [-0.1, -0.05) is 23.2 Å². The molecular weight excluding hydrogens is 273 g/mol. The van der Waals surface area contributed by atoms with Crippen molar-refractivity contribution in [2.75, 3.05) is 0 Å². The number of nitrogens with zero attached hydrogens (tertiary/aromatic N) is 3. The molecule has 2 aromatic rings. The number of rotatable bonds is 4. The third-order valence-electron chi connectivity index (χ3n) is 2.57. The van der Waals surface area contributed by atoms with Crippen molar-refractivity contribution in [2.45, 2.75) is 12.5 Å². The number of nitrogens with two attached hydrogens (primary N) is 1. The normalized spacial score (nSPS) is 12.7. The summed E-state index contributed by atoms with van der Waals surface area (Å²) in [7, 11) is 1.86. The molecule has 0 amide bonds. The van der Waals surface area contributed by atoms with Crippen LogP contribution in [-0.4, -0.2) is 14.8 Å². The summed E-state index contributed by atoms with van der Waals surface area (Å²) in [5.74, 6) is 5.56. The van der Waals surface area contributed by atoms with E-state index in [0.717, 1.165) is 5.56 Å². The number of halogens is 2. The molecule has 0 aliphatic carbocycles. The lowest BCUT2D eigenvalue weighted by Gasteiger charge is -2.15. The number of hydrazine groups is 1. The van der Waals surface area contributed by atoms with Crippen molar-refractivity contribution in [3.8, 4) is 0 Å². The smallest absolute Gasteiger partial charge is 0.0777 e. The van der Waals surface area contributed by atoms with E-state index in [-0.39, 0.29) is 6.04 Å². The van der Waals surface area contributed by atoms with Crippen molar-refractivity contribution in [2.24, 2.45) is 12.9 Å². The lowest BCUT2D eigenvalue weighted by molar-refractivity contribution is 0.538. The molecular formula is C11H13Cl2N5. The number of aryl methyl sites for hydroxylation is 1. The lowest BCUT2D eigenvalue weighted by Crippen LogP contribution is -2.30. The van der Waals surface area contributed by atoms with E-state index < -0.39 is 0 Å². The van der Waals surface area contributed by atoms with Crippen molar-refractivity contribution in [1.82, 2.24) is 20.2 Å². The van der Waals surface area contributed by atoms with E-state index in [1.165, 1.54) is 0 Å². The summed E-state index contributed by atoms with van der Waals surface area (Å²) in [5.41, 5.74) is 4.43. The van der Waals surface area contributed by atoms with Crippen LogP contribution >= 0.6 is 23.2 Å². The highest BCUT2D eigenvalue weighted by atomic mass is 35.5. The summed E-state index contributed by atoms with van der Waals surface area (Å²) in [4.78, 5) is 4.22. The fourth-order valence-electron chi connectivity index (χ4n) is 1.73. The third-order valence-corrected chi connectivity index (χ3v) is 3.08. The van der Waals surface area contributed by atoms with Crippen LogP contribution < -0.4 is 11.3 Å². The molecule has 0 saturated heterocycles. The van der Waals surface area contributed by atoms with E-state index in [1.807, 2.05) is 13.2 Å². The van der Waals surface area contributed by atoms with Crippen molar-refractivity contribution in [3.05, 3.63) is 46.0 Å². The number of aromatic nitrogens is 3. The minimum absolute atomic E-state index is 0.182. The highest BCUT2D eigenvalue weighted by Crippen LogP contribution is 2.25. The maximum Gasteiger partial charge on any atom is 0.0777 e. The van der Waals surface area contributed by atoms with E-state index >= 15 is 0 Å². The molecule has 2 heterocycles. The number of pyridine rings is 1. The van der Waals surface area contributed by atoms with Gasteiger partial charge in [0, 0.05) is 19.4 Å². The van der Waals surface area contributed by atoms with Crippen LogP contribution in [0.4, 0.5) is 0 Å². The Morgan fingerprint density at radius 3 is 2.78 bits per heavy atom. The van der Waals surface area contributed by atoms with Gasteiger partial charge in [0.15, 0.2) is 0 Å². The second kappa shape index (κ2) is 5.67. The second-order valence-electron chi connectivity index (χ2n) is 3.97. The van der Waals surface area contributed by atoms with Crippen molar-refractivity contribution in [3.63, 3.8) is 0 Å². The zero-order valence-electron chi connectivity index (χ0n) is 9.77. The van der Waals surface area contributed by atoms with Crippen LogP contribution in [0, 0.1) is 0 Å². The van der Waals surface area contributed by atoms with Gasteiger partial charge in [-0.2, -0.15) is 5.10 Å². The summed E-state index contributed by atoms with van der Waals surface area (Å²) >= 11 is 11.9. The first-order chi connectivity index (χ1) is 8.60. The van der Waals surface area contributed by atoms with Gasteiger partial charge in [-0.15, -0.1) is 0 Å². The molecule has 0 saturated carbocycles. The molecule has 0 aromatic carbocycles. The summed E-state index contributed by atoms with van der Waals surface area (Å²) in [6.45, 7) is 0. The van der Waals surface area contributed by atoms with Crippen molar-refractivity contribution in [1.29, 1.82) is 0 Å². The molecule has 2 rings (SSSR count). The first kappa shape index (κ1) is 13.3. The van der Waals surface area contributed by atoms with E-state index in [9.17, 15) is 0 Å². The van der Waals surface area contributed by atoms with Gasteiger partial charge in [0.2, 0.25) is 0 Å². The maximum absolute atomic E-state index is 6.11. The third kappa shape index (κ3) is 3.00. The van der Waals surface area contributed by atoms with Crippen LogP contribution in [-0.2, 0) is 13.5 Å². The molecule has 0 radical (unpaired) electrons. The SMILES string of the molecule is Cn1cc(CC(NN)c2ncc(Cl)cc2Cl)cn1. The molecule has 5 nitrogen and oxygen atoms in total. The molecule has 0 spiro atoms. The zero-order chi connectivity index (χ0) is 13.1. The largest absolute Gasteiger partial charge is 0.276 e. The van der Waals surface area contributed by atoms with Crippen LogP contribution in [0.25, 0.3) is 0 Å². The monoisotopic (exact) mass is 285 g/mol. The van der Waals surface area contributed by atoms with E-state index in [4.69, 9.17) is 29.0 Å². The first-order valence-electron chi connectivity index (χ1n) is 5.34. The Kier molecular flexibility index (Phi) is 4.19. The maximum atomic E-state index is 6.11. The van der Waals surface area contributed by atoms with Crippen LogP contribution in [0.1, 0.15) is 17.3 Å². The fraction of sp³-hybridized carbons (Fsp3) is 0.273. The summed E-state index contributed by atoms with van der Waals surface area (Å²) in [6.07, 6.45) is 5.91. The fourth-order valence-corrected chi connectivity index (χ4v) is 2.24. The molecule has 0 aliphatic heterocycles. The first-order valence-corrected chi connectivity index (χ1v) is 6.10. The number of nitrogens with one attached hydrogen (secondary N) is 1. The molecule has 2 aromatic heterocycles. The summed E-state index contributed by atoms with van der Waals surface area (Å²) in [5, 5.41) is 5.10. The van der Waals surface area contributed by atoms with Crippen LogP contribution in [0.2, 0.25) is 10.0 Å².